The lowest BCUT2D eigenvalue weighted by Crippen LogP contribution is -2.35. The lowest BCUT2D eigenvalue weighted by molar-refractivity contribution is -0.384. The highest BCUT2D eigenvalue weighted by molar-refractivity contribution is 9.10. The van der Waals surface area contributed by atoms with Gasteiger partial charge in [-0.1, -0.05) is 22.4 Å². The zero-order chi connectivity index (χ0) is 15.2. The van der Waals surface area contributed by atoms with E-state index in [1.54, 1.807) is 12.1 Å². The summed E-state index contributed by atoms with van der Waals surface area (Å²) in [5.41, 5.74) is -0.209. The molecule has 0 amide bonds. The fraction of sp³-hybridized carbons (Fsp3) is 0.500. The molecular formula is C14H15BrN2O4. The summed E-state index contributed by atoms with van der Waals surface area (Å²) in [5, 5.41) is 20.8. The van der Waals surface area contributed by atoms with Crippen molar-refractivity contribution in [1.82, 2.24) is 0 Å². The van der Waals surface area contributed by atoms with Crippen molar-refractivity contribution in [2.75, 3.05) is 18.0 Å². The van der Waals surface area contributed by atoms with E-state index in [1.165, 1.54) is 6.07 Å². The van der Waals surface area contributed by atoms with Gasteiger partial charge in [-0.05, 0) is 30.9 Å². The second-order valence-corrected chi connectivity index (χ2v) is 6.74. The lowest BCUT2D eigenvalue weighted by Gasteiger charge is -2.24. The molecule has 1 aromatic rings. The van der Waals surface area contributed by atoms with E-state index in [2.05, 4.69) is 15.9 Å². The van der Waals surface area contributed by atoms with Gasteiger partial charge in [-0.15, -0.1) is 0 Å². The second kappa shape index (κ2) is 4.98. The molecule has 1 heterocycles. The third-order valence-corrected chi connectivity index (χ3v) is 5.26. The number of aliphatic carboxylic acids is 1. The molecule has 1 N–H and O–H groups in total. The van der Waals surface area contributed by atoms with Gasteiger partial charge in [0.15, 0.2) is 0 Å². The number of hydrogen-bond acceptors (Lipinski definition) is 4. The third kappa shape index (κ3) is 2.19. The first-order valence-electron chi connectivity index (χ1n) is 6.86. The van der Waals surface area contributed by atoms with E-state index in [9.17, 15) is 20.0 Å². The topological polar surface area (TPSA) is 83.7 Å². The number of nitro benzene ring substituents is 1. The fourth-order valence-electron chi connectivity index (χ4n) is 3.73. The fourth-order valence-corrected chi connectivity index (χ4v) is 4.08. The van der Waals surface area contributed by atoms with Crippen LogP contribution >= 0.6 is 15.9 Å². The van der Waals surface area contributed by atoms with Crippen molar-refractivity contribution in [2.24, 2.45) is 11.3 Å². The van der Waals surface area contributed by atoms with Gasteiger partial charge < -0.3 is 10.0 Å². The van der Waals surface area contributed by atoms with Crippen LogP contribution in [0.4, 0.5) is 11.4 Å². The Morgan fingerprint density at radius 3 is 2.90 bits per heavy atom. The van der Waals surface area contributed by atoms with Gasteiger partial charge in [-0.3, -0.25) is 14.9 Å². The minimum atomic E-state index is -0.773. The van der Waals surface area contributed by atoms with Gasteiger partial charge in [0, 0.05) is 23.6 Å². The number of hydrogen-bond donors (Lipinski definition) is 1. The number of fused-ring (bicyclic) bond motifs is 1. The molecule has 0 unspecified atom stereocenters. The molecule has 1 saturated carbocycles. The van der Waals surface area contributed by atoms with Crippen molar-refractivity contribution in [3.8, 4) is 0 Å². The number of carboxylic acids is 1. The molecule has 6 nitrogen and oxygen atoms in total. The van der Waals surface area contributed by atoms with E-state index >= 15 is 0 Å². The molecule has 1 aliphatic carbocycles. The minimum absolute atomic E-state index is 0.0266. The van der Waals surface area contributed by atoms with E-state index < -0.39 is 16.3 Å². The Balaban J connectivity index is 1.99. The summed E-state index contributed by atoms with van der Waals surface area (Å²) < 4.78 is 0.754. The normalized spacial score (nSPS) is 27.7. The molecule has 112 valence electrons. The number of carboxylic acid groups (broad SMARTS) is 1. The number of nitro groups is 1. The summed E-state index contributed by atoms with van der Waals surface area (Å²) in [7, 11) is 0. The quantitative estimate of drug-likeness (QED) is 0.666. The Bertz CT molecular complexity index is 621. The molecule has 2 fully saturated rings. The van der Waals surface area contributed by atoms with E-state index in [4.69, 9.17) is 0 Å². The van der Waals surface area contributed by atoms with Crippen molar-refractivity contribution in [3.05, 3.63) is 32.8 Å². The summed E-state index contributed by atoms with van der Waals surface area (Å²) in [6.45, 7) is 0.924. The van der Waals surface area contributed by atoms with Gasteiger partial charge in [0.2, 0.25) is 0 Å². The average Bonchev–Trinajstić information content (AvgIpc) is 2.95. The van der Waals surface area contributed by atoms with Crippen LogP contribution in [0.5, 0.6) is 0 Å². The zero-order valence-electron chi connectivity index (χ0n) is 11.3. The first-order chi connectivity index (χ1) is 9.94. The van der Waals surface area contributed by atoms with Crippen molar-refractivity contribution < 1.29 is 14.8 Å². The zero-order valence-corrected chi connectivity index (χ0v) is 12.9. The first kappa shape index (κ1) is 14.3. The lowest BCUT2D eigenvalue weighted by atomic mass is 9.81. The van der Waals surface area contributed by atoms with Crippen LogP contribution in [0.25, 0.3) is 0 Å². The summed E-state index contributed by atoms with van der Waals surface area (Å²) in [4.78, 5) is 24.3. The highest BCUT2D eigenvalue weighted by Gasteiger charge is 2.55. The first-order valence-corrected chi connectivity index (χ1v) is 7.65. The molecule has 2 atom stereocenters. The Labute approximate surface area is 130 Å². The highest BCUT2D eigenvalue weighted by Crippen LogP contribution is 2.51. The number of benzene rings is 1. The van der Waals surface area contributed by atoms with E-state index in [0.717, 1.165) is 17.3 Å². The Kier molecular flexibility index (Phi) is 3.39. The largest absolute Gasteiger partial charge is 0.481 e. The standard InChI is InChI=1S/C14H15BrN2O4/c15-10-3-4-11(17(20)21)12(6-10)16-7-9-2-1-5-14(9,8-16)13(18)19/h3-4,6,9H,1-2,5,7-8H2,(H,18,19)/t9-,14+/m0/s1. The third-order valence-electron chi connectivity index (χ3n) is 4.77. The van der Waals surface area contributed by atoms with Crippen LogP contribution in [-0.2, 0) is 4.79 Å². The van der Waals surface area contributed by atoms with Gasteiger partial charge in [0.1, 0.15) is 5.69 Å². The van der Waals surface area contributed by atoms with Crippen molar-refractivity contribution >= 4 is 33.3 Å². The molecule has 1 saturated heterocycles. The molecule has 2 aliphatic rings. The van der Waals surface area contributed by atoms with E-state index in [-0.39, 0.29) is 11.6 Å². The molecule has 0 bridgehead atoms. The smallest absolute Gasteiger partial charge is 0.311 e. The number of anilines is 1. The van der Waals surface area contributed by atoms with Crippen molar-refractivity contribution in [3.63, 3.8) is 0 Å². The summed E-state index contributed by atoms with van der Waals surface area (Å²) in [6.07, 6.45) is 2.46. The summed E-state index contributed by atoms with van der Waals surface area (Å²) >= 11 is 3.33. The summed E-state index contributed by atoms with van der Waals surface area (Å²) in [5.74, 6) is -0.696. The van der Waals surface area contributed by atoms with Crippen molar-refractivity contribution in [1.29, 1.82) is 0 Å². The van der Waals surface area contributed by atoms with Crippen LogP contribution < -0.4 is 4.90 Å². The number of nitrogens with zero attached hydrogens (tertiary/aromatic N) is 2. The van der Waals surface area contributed by atoms with Crippen molar-refractivity contribution in [2.45, 2.75) is 19.3 Å². The molecule has 3 rings (SSSR count). The predicted molar refractivity (Wildman–Crippen MR) is 80.4 cm³/mol. The van der Waals surface area contributed by atoms with E-state index in [0.29, 0.717) is 25.2 Å². The highest BCUT2D eigenvalue weighted by atomic mass is 79.9. The Hall–Kier alpha value is -1.63. The van der Waals surface area contributed by atoms with Gasteiger partial charge in [0.05, 0.1) is 10.3 Å². The van der Waals surface area contributed by atoms with Gasteiger partial charge in [-0.2, -0.15) is 0 Å². The molecule has 0 aromatic heterocycles. The summed E-state index contributed by atoms with van der Waals surface area (Å²) in [6, 6.07) is 4.79. The van der Waals surface area contributed by atoms with Crippen LogP contribution in [0.15, 0.2) is 22.7 Å². The van der Waals surface area contributed by atoms with Crippen LogP contribution in [0.1, 0.15) is 19.3 Å². The predicted octanol–water partition coefficient (Wildman–Crippen LogP) is 3.05. The maximum atomic E-state index is 11.7. The van der Waals surface area contributed by atoms with Crippen LogP contribution in [0, 0.1) is 21.4 Å². The second-order valence-electron chi connectivity index (χ2n) is 5.82. The van der Waals surface area contributed by atoms with Gasteiger partial charge in [-0.25, -0.2) is 0 Å². The average molecular weight is 355 g/mol. The number of halogens is 1. The van der Waals surface area contributed by atoms with Crippen LogP contribution in [-0.4, -0.2) is 29.1 Å². The maximum Gasteiger partial charge on any atom is 0.311 e. The molecule has 7 heteroatoms. The molecule has 1 aliphatic heterocycles. The van der Waals surface area contributed by atoms with Gasteiger partial charge >= 0.3 is 5.97 Å². The SMILES string of the molecule is O=C(O)[C@@]12CCC[C@H]1CN(c1cc(Br)ccc1[N+](=O)[O-])C2. The minimum Gasteiger partial charge on any atom is -0.481 e. The van der Waals surface area contributed by atoms with E-state index in [1.807, 2.05) is 4.90 Å². The molecular weight excluding hydrogens is 340 g/mol. The Morgan fingerprint density at radius 1 is 1.52 bits per heavy atom. The molecule has 0 spiro atoms. The maximum absolute atomic E-state index is 11.7. The monoisotopic (exact) mass is 354 g/mol. The van der Waals surface area contributed by atoms with Crippen LogP contribution in [0.2, 0.25) is 0 Å². The van der Waals surface area contributed by atoms with Gasteiger partial charge in [0.25, 0.3) is 5.69 Å². The number of rotatable bonds is 3. The molecule has 1 aromatic carbocycles. The molecule has 0 radical (unpaired) electrons. The number of carbonyl (C=O) groups is 1. The Morgan fingerprint density at radius 2 is 2.29 bits per heavy atom. The molecule has 21 heavy (non-hydrogen) atoms. The van der Waals surface area contributed by atoms with Crippen LogP contribution in [0.3, 0.4) is 0 Å².